The molecule has 3 aliphatic rings. The number of anilines is 1. The number of rotatable bonds is 5. The third-order valence-corrected chi connectivity index (χ3v) is 6.41. The minimum Gasteiger partial charge on any atom is -0.494 e. The van der Waals surface area contributed by atoms with Crippen LogP contribution < -0.4 is 15.5 Å². The zero-order valence-corrected chi connectivity index (χ0v) is 17.4. The molecule has 3 heterocycles. The van der Waals surface area contributed by atoms with Gasteiger partial charge in [0, 0.05) is 36.7 Å². The van der Waals surface area contributed by atoms with Gasteiger partial charge >= 0.3 is 0 Å². The Balaban J connectivity index is 1.49. The lowest BCUT2D eigenvalue weighted by molar-refractivity contribution is -0.114. The first-order valence-corrected chi connectivity index (χ1v) is 10.6. The third kappa shape index (κ3) is 3.34. The number of allylic oxidation sites excluding steroid dienone is 1. The standard InChI is InChI=1S/C22H26N6O3/c1-31-20-10-18-15(11-26(25-18)16-5-3-14(13-29)4-6-16)9-19(20)28-12-17(21(23)30)22-24-7-2-8-27(22)28/h2,7-11,14,16,29H,3-6,12-13H2,1H3,(H2,23,30). The van der Waals surface area contributed by atoms with Gasteiger partial charge in [-0.3, -0.25) is 14.5 Å². The first kappa shape index (κ1) is 19.6. The maximum Gasteiger partial charge on any atom is 0.250 e. The average Bonchev–Trinajstić information content (AvgIpc) is 3.39. The maximum atomic E-state index is 12.0. The summed E-state index contributed by atoms with van der Waals surface area (Å²) in [6.45, 7) is 0.579. The molecule has 0 spiro atoms. The molecule has 1 fully saturated rings. The highest BCUT2D eigenvalue weighted by molar-refractivity contribution is 5.96. The van der Waals surface area contributed by atoms with Gasteiger partial charge in [-0.25, -0.2) is 10.0 Å². The molecule has 1 saturated carbocycles. The Morgan fingerprint density at radius 2 is 2.10 bits per heavy atom. The van der Waals surface area contributed by atoms with E-state index in [-0.39, 0.29) is 6.61 Å². The molecule has 2 aliphatic heterocycles. The summed E-state index contributed by atoms with van der Waals surface area (Å²) in [6, 6.07) is 4.30. The van der Waals surface area contributed by atoms with E-state index in [1.807, 2.05) is 34.4 Å². The molecule has 5 rings (SSSR count). The van der Waals surface area contributed by atoms with E-state index < -0.39 is 5.91 Å². The molecular weight excluding hydrogens is 396 g/mol. The minimum absolute atomic E-state index is 0.266. The predicted octanol–water partition coefficient (Wildman–Crippen LogP) is 2.10. The smallest absolute Gasteiger partial charge is 0.250 e. The van der Waals surface area contributed by atoms with Crippen LogP contribution in [0.1, 0.15) is 31.7 Å². The van der Waals surface area contributed by atoms with Crippen LogP contribution in [0.25, 0.3) is 10.9 Å². The highest BCUT2D eigenvalue weighted by atomic mass is 16.5. The highest BCUT2D eigenvalue weighted by Gasteiger charge is 2.34. The van der Waals surface area contributed by atoms with Gasteiger partial charge < -0.3 is 15.6 Å². The molecule has 9 nitrogen and oxygen atoms in total. The Bertz CT molecular complexity index is 1110. The second-order valence-corrected chi connectivity index (χ2v) is 8.24. The number of hydrazine groups is 1. The van der Waals surface area contributed by atoms with E-state index in [0.29, 0.717) is 35.6 Å². The number of carbonyl (C=O) groups excluding carboxylic acids is 1. The van der Waals surface area contributed by atoms with E-state index >= 15 is 0 Å². The molecule has 31 heavy (non-hydrogen) atoms. The second-order valence-electron chi connectivity index (χ2n) is 8.24. The fourth-order valence-corrected chi connectivity index (χ4v) is 4.66. The Hall–Kier alpha value is -3.33. The topological polar surface area (TPSA) is 109 Å². The van der Waals surface area contributed by atoms with Crippen molar-refractivity contribution in [2.24, 2.45) is 16.6 Å². The van der Waals surface area contributed by atoms with Crippen LogP contribution in [-0.2, 0) is 4.79 Å². The molecule has 0 unspecified atom stereocenters. The van der Waals surface area contributed by atoms with Crippen molar-refractivity contribution in [3.8, 4) is 5.75 Å². The van der Waals surface area contributed by atoms with Gasteiger partial charge in [0.05, 0.1) is 30.8 Å². The van der Waals surface area contributed by atoms with Gasteiger partial charge in [-0.2, -0.15) is 5.10 Å². The minimum atomic E-state index is -0.485. The third-order valence-electron chi connectivity index (χ3n) is 6.41. The van der Waals surface area contributed by atoms with Crippen LogP contribution in [0, 0.1) is 5.92 Å². The monoisotopic (exact) mass is 422 g/mol. The molecule has 1 aliphatic carbocycles. The molecule has 1 aromatic heterocycles. The summed E-state index contributed by atoms with van der Waals surface area (Å²) in [5, 5.41) is 19.0. The number of nitrogens with zero attached hydrogens (tertiary/aromatic N) is 5. The predicted molar refractivity (Wildman–Crippen MR) is 117 cm³/mol. The number of aliphatic hydroxyl groups excluding tert-OH is 1. The quantitative estimate of drug-likeness (QED) is 0.764. The summed E-state index contributed by atoms with van der Waals surface area (Å²) < 4.78 is 7.73. The van der Waals surface area contributed by atoms with E-state index in [4.69, 9.17) is 15.6 Å². The number of amides is 1. The molecule has 2 aromatic rings. The first-order valence-electron chi connectivity index (χ1n) is 10.6. The zero-order chi connectivity index (χ0) is 21.5. The van der Waals surface area contributed by atoms with E-state index in [2.05, 4.69) is 15.9 Å². The number of fused-ring (bicyclic) bond motifs is 2. The normalized spacial score (nSPS) is 23.0. The number of carbonyl (C=O) groups is 1. The number of aromatic nitrogens is 2. The van der Waals surface area contributed by atoms with E-state index in [9.17, 15) is 9.90 Å². The van der Waals surface area contributed by atoms with Gasteiger partial charge in [0.25, 0.3) is 0 Å². The van der Waals surface area contributed by atoms with Crippen LogP contribution in [-0.4, -0.2) is 52.3 Å². The summed E-state index contributed by atoms with van der Waals surface area (Å²) in [5.41, 5.74) is 7.74. The summed E-state index contributed by atoms with van der Waals surface area (Å²) in [4.78, 5) is 16.3. The van der Waals surface area contributed by atoms with Crippen LogP contribution in [0.4, 0.5) is 5.69 Å². The number of aliphatic hydroxyl groups is 1. The van der Waals surface area contributed by atoms with Crippen molar-refractivity contribution in [1.29, 1.82) is 0 Å². The average molecular weight is 422 g/mol. The lowest BCUT2D eigenvalue weighted by Crippen LogP contribution is -2.34. The molecule has 162 valence electrons. The van der Waals surface area contributed by atoms with Crippen LogP contribution in [0.3, 0.4) is 0 Å². The second kappa shape index (κ2) is 7.73. The van der Waals surface area contributed by atoms with Crippen LogP contribution in [0.15, 0.2) is 47.0 Å². The summed E-state index contributed by atoms with van der Waals surface area (Å²) in [5.74, 6) is 1.12. The van der Waals surface area contributed by atoms with Gasteiger partial charge in [0.2, 0.25) is 5.91 Å². The molecule has 1 aromatic carbocycles. The van der Waals surface area contributed by atoms with Crippen LogP contribution in [0.2, 0.25) is 0 Å². The van der Waals surface area contributed by atoms with Gasteiger partial charge in [0.15, 0.2) is 5.82 Å². The molecule has 0 bridgehead atoms. The lowest BCUT2D eigenvalue weighted by Gasteiger charge is -2.31. The molecular formula is C22H26N6O3. The van der Waals surface area contributed by atoms with Gasteiger partial charge in [-0.15, -0.1) is 0 Å². The Morgan fingerprint density at radius 3 is 2.81 bits per heavy atom. The van der Waals surface area contributed by atoms with Crippen molar-refractivity contribution in [3.63, 3.8) is 0 Å². The number of aliphatic imine (C=N–C) groups is 1. The van der Waals surface area contributed by atoms with Crippen molar-refractivity contribution >= 4 is 28.7 Å². The SMILES string of the molecule is COc1cc2nn(C3CCC(CO)CC3)cc2cc1N1CC(C(N)=O)=C2N=CC=CN21. The molecule has 0 atom stereocenters. The van der Waals surface area contributed by atoms with Gasteiger partial charge in [-0.1, -0.05) is 0 Å². The fraction of sp³-hybridized carbons (Fsp3) is 0.409. The van der Waals surface area contributed by atoms with E-state index in [0.717, 1.165) is 42.3 Å². The molecule has 3 N–H and O–H groups in total. The van der Waals surface area contributed by atoms with Crippen molar-refractivity contribution in [2.75, 3.05) is 25.3 Å². The van der Waals surface area contributed by atoms with Gasteiger partial charge in [-0.05, 0) is 43.7 Å². The molecule has 0 saturated heterocycles. The number of methoxy groups -OCH3 is 1. The molecule has 0 radical (unpaired) electrons. The van der Waals surface area contributed by atoms with Crippen molar-refractivity contribution < 1.29 is 14.6 Å². The van der Waals surface area contributed by atoms with Crippen molar-refractivity contribution in [3.05, 3.63) is 42.0 Å². The summed E-state index contributed by atoms with van der Waals surface area (Å²) in [7, 11) is 1.63. The van der Waals surface area contributed by atoms with Crippen molar-refractivity contribution in [2.45, 2.75) is 31.7 Å². The Kier molecular flexibility index (Phi) is 4.90. The zero-order valence-electron chi connectivity index (χ0n) is 17.4. The number of hydrogen-bond acceptors (Lipinski definition) is 7. The van der Waals surface area contributed by atoms with E-state index in [1.165, 1.54) is 0 Å². The first-order chi connectivity index (χ1) is 15.1. The largest absolute Gasteiger partial charge is 0.494 e. The fourth-order valence-electron chi connectivity index (χ4n) is 4.66. The van der Waals surface area contributed by atoms with E-state index in [1.54, 1.807) is 13.3 Å². The summed E-state index contributed by atoms with van der Waals surface area (Å²) in [6.07, 6.45) is 11.5. The molecule has 9 heteroatoms. The molecule has 1 amide bonds. The van der Waals surface area contributed by atoms with Gasteiger partial charge in [0.1, 0.15) is 11.4 Å². The lowest BCUT2D eigenvalue weighted by atomic mass is 9.87. The number of hydrogen-bond donors (Lipinski definition) is 2. The van der Waals surface area contributed by atoms with Crippen LogP contribution in [0.5, 0.6) is 5.75 Å². The van der Waals surface area contributed by atoms with Crippen molar-refractivity contribution in [1.82, 2.24) is 14.8 Å². The number of primary amides is 1. The number of benzene rings is 1. The maximum absolute atomic E-state index is 12.0. The summed E-state index contributed by atoms with van der Waals surface area (Å²) >= 11 is 0. The number of ether oxygens (including phenoxy) is 1. The highest BCUT2D eigenvalue weighted by Crippen LogP contribution is 2.40. The Morgan fingerprint density at radius 1 is 1.29 bits per heavy atom. The van der Waals surface area contributed by atoms with Crippen LogP contribution >= 0.6 is 0 Å². The Labute approximate surface area is 180 Å². The number of nitrogens with two attached hydrogens (primary N) is 1.